The molecule has 0 aliphatic heterocycles. The SMILES string of the molecule is CC(C)NCc1ccc(Oc2ccccc2F)c(Cl)c1. The normalized spacial score (nSPS) is 10.8. The first kappa shape index (κ1) is 14.8. The average molecular weight is 294 g/mol. The summed E-state index contributed by atoms with van der Waals surface area (Å²) in [4.78, 5) is 0. The van der Waals surface area contributed by atoms with Crippen molar-refractivity contribution in [3.05, 3.63) is 58.9 Å². The van der Waals surface area contributed by atoms with Gasteiger partial charge in [-0.3, -0.25) is 0 Å². The van der Waals surface area contributed by atoms with E-state index in [1.54, 1.807) is 24.3 Å². The summed E-state index contributed by atoms with van der Waals surface area (Å²) >= 11 is 6.17. The van der Waals surface area contributed by atoms with Gasteiger partial charge >= 0.3 is 0 Å². The van der Waals surface area contributed by atoms with E-state index in [0.29, 0.717) is 16.8 Å². The van der Waals surface area contributed by atoms with Crippen LogP contribution in [0.4, 0.5) is 4.39 Å². The summed E-state index contributed by atoms with van der Waals surface area (Å²) in [6.07, 6.45) is 0. The summed E-state index contributed by atoms with van der Waals surface area (Å²) in [6.45, 7) is 4.89. The summed E-state index contributed by atoms with van der Waals surface area (Å²) < 4.78 is 19.0. The van der Waals surface area contributed by atoms with Crippen molar-refractivity contribution >= 4 is 11.6 Å². The van der Waals surface area contributed by atoms with Gasteiger partial charge in [0.2, 0.25) is 0 Å². The predicted molar refractivity (Wildman–Crippen MR) is 79.9 cm³/mol. The minimum Gasteiger partial charge on any atom is -0.453 e. The molecule has 0 radical (unpaired) electrons. The largest absolute Gasteiger partial charge is 0.453 e. The molecule has 0 spiro atoms. The van der Waals surface area contributed by atoms with Gasteiger partial charge in [-0.2, -0.15) is 0 Å². The van der Waals surface area contributed by atoms with Crippen molar-refractivity contribution in [2.24, 2.45) is 0 Å². The van der Waals surface area contributed by atoms with Gasteiger partial charge in [-0.25, -0.2) is 4.39 Å². The van der Waals surface area contributed by atoms with Crippen LogP contribution in [0.1, 0.15) is 19.4 Å². The fourth-order valence-corrected chi connectivity index (χ4v) is 1.95. The molecule has 4 heteroatoms. The van der Waals surface area contributed by atoms with Crippen LogP contribution in [0.2, 0.25) is 5.02 Å². The molecule has 0 atom stereocenters. The van der Waals surface area contributed by atoms with Crippen LogP contribution in [-0.4, -0.2) is 6.04 Å². The standard InChI is InChI=1S/C16H17ClFNO/c1-11(2)19-10-12-7-8-15(13(17)9-12)20-16-6-4-3-5-14(16)18/h3-9,11,19H,10H2,1-2H3. The molecule has 0 bridgehead atoms. The molecule has 0 unspecified atom stereocenters. The van der Waals surface area contributed by atoms with Gasteiger partial charge in [-0.05, 0) is 29.8 Å². The van der Waals surface area contributed by atoms with Crippen LogP contribution in [0, 0.1) is 5.82 Å². The maximum atomic E-state index is 13.5. The van der Waals surface area contributed by atoms with Crippen molar-refractivity contribution in [1.82, 2.24) is 5.32 Å². The maximum absolute atomic E-state index is 13.5. The Morgan fingerprint density at radius 3 is 2.55 bits per heavy atom. The van der Waals surface area contributed by atoms with Crippen LogP contribution in [-0.2, 0) is 6.54 Å². The molecule has 2 aromatic rings. The van der Waals surface area contributed by atoms with E-state index < -0.39 is 5.82 Å². The van der Waals surface area contributed by atoms with E-state index >= 15 is 0 Å². The van der Waals surface area contributed by atoms with Gasteiger partial charge in [0.1, 0.15) is 5.75 Å². The smallest absolute Gasteiger partial charge is 0.165 e. The van der Waals surface area contributed by atoms with E-state index in [0.717, 1.165) is 12.1 Å². The van der Waals surface area contributed by atoms with Gasteiger partial charge in [0.25, 0.3) is 0 Å². The summed E-state index contributed by atoms with van der Waals surface area (Å²) in [5, 5.41) is 3.78. The third-order valence-electron chi connectivity index (χ3n) is 2.77. The second-order valence-corrected chi connectivity index (χ2v) is 5.24. The molecular weight excluding hydrogens is 277 g/mol. The molecule has 106 valence electrons. The van der Waals surface area contributed by atoms with Crippen molar-refractivity contribution < 1.29 is 9.13 Å². The highest BCUT2D eigenvalue weighted by molar-refractivity contribution is 6.32. The molecule has 2 nitrogen and oxygen atoms in total. The molecule has 0 amide bonds. The zero-order valence-corrected chi connectivity index (χ0v) is 12.2. The van der Waals surface area contributed by atoms with Gasteiger partial charge in [-0.15, -0.1) is 0 Å². The van der Waals surface area contributed by atoms with Crippen LogP contribution >= 0.6 is 11.6 Å². The Morgan fingerprint density at radius 1 is 1.15 bits per heavy atom. The van der Waals surface area contributed by atoms with E-state index in [-0.39, 0.29) is 5.75 Å². The first-order valence-electron chi connectivity index (χ1n) is 6.50. The van der Waals surface area contributed by atoms with Crippen molar-refractivity contribution in [2.45, 2.75) is 26.4 Å². The summed E-state index contributed by atoms with van der Waals surface area (Å²) in [5.41, 5.74) is 1.06. The van der Waals surface area contributed by atoms with Crippen molar-refractivity contribution in [1.29, 1.82) is 0 Å². The Hall–Kier alpha value is -1.58. The fourth-order valence-electron chi connectivity index (χ4n) is 1.71. The molecule has 2 rings (SSSR count). The Labute approximate surface area is 123 Å². The van der Waals surface area contributed by atoms with Crippen molar-refractivity contribution in [3.63, 3.8) is 0 Å². The lowest BCUT2D eigenvalue weighted by atomic mass is 10.2. The van der Waals surface area contributed by atoms with Gasteiger partial charge < -0.3 is 10.1 Å². The highest BCUT2D eigenvalue weighted by atomic mass is 35.5. The van der Waals surface area contributed by atoms with E-state index in [1.165, 1.54) is 6.07 Å². The predicted octanol–water partition coefficient (Wildman–Crippen LogP) is 4.77. The molecule has 0 saturated carbocycles. The number of hydrogen-bond donors (Lipinski definition) is 1. The Balaban J connectivity index is 2.12. The molecule has 0 aliphatic carbocycles. The average Bonchev–Trinajstić information content (AvgIpc) is 2.41. The van der Waals surface area contributed by atoms with Gasteiger partial charge in [0.05, 0.1) is 5.02 Å². The molecule has 0 aromatic heterocycles. The van der Waals surface area contributed by atoms with Crippen LogP contribution in [0.15, 0.2) is 42.5 Å². The zero-order valence-electron chi connectivity index (χ0n) is 11.5. The minimum absolute atomic E-state index is 0.169. The topological polar surface area (TPSA) is 21.3 Å². The lowest BCUT2D eigenvalue weighted by Crippen LogP contribution is -2.21. The quantitative estimate of drug-likeness (QED) is 0.857. The third kappa shape index (κ3) is 3.95. The van der Waals surface area contributed by atoms with Crippen LogP contribution < -0.4 is 10.1 Å². The van der Waals surface area contributed by atoms with Gasteiger partial charge in [0.15, 0.2) is 11.6 Å². The number of benzene rings is 2. The van der Waals surface area contributed by atoms with Crippen LogP contribution in [0.25, 0.3) is 0 Å². The molecule has 0 saturated heterocycles. The van der Waals surface area contributed by atoms with Crippen molar-refractivity contribution in [2.75, 3.05) is 0 Å². The number of hydrogen-bond acceptors (Lipinski definition) is 2. The van der Waals surface area contributed by atoms with Crippen molar-refractivity contribution in [3.8, 4) is 11.5 Å². The number of para-hydroxylation sites is 1. The molecule has 0 aliphatic rings. The molecular formula is C16H17ClFNO. The summed E-state index contributed by atoms with van der Waals surface area (Å²) in [7, 11) is 0. The zero-order chi connectivity index (χ0) is 14.5. The fraction of sp³-hybridized carbons (Fsp3) is 0.250. The minimum atomic E-state index is -0.408. The lowest BCUT2D eigenvalue weighted by Gasteiger charge is -2.11. The number of halogens is 2. The van der Waals surface area contributed by atoms with Crippen LogP contribution in [0.5, 0.6) is 11.5 Å². The summed E-state index contributed by atoms with van der Waals surface area (Å²) in [6, 6.07) is 12.2. The highest BCUT2D eigenvalue weighted by Gasteiger charge is 2.08. The Bertz CT molecular complexity index is 586. The van der Waals surface area contributed by atoms with E-state index in [2.05, 4.69) is 19.2 Å². The molecule has 20 heavy (non-hydrogen) atoms. The molecule has 0 heterocycles. The van der Waals surface area contributed by atoms with Crippen LogP contribution in [0.3, 0.4) is 0 Å². The van der Waals surface area contributed by atoms with E-state index in [9.17, 15) is 4.39 Å². The molecule has 2 aromatic carbocycles. The number of rotatable bonds is 5. The highest BCUT2D eigenvalue weighted by Crippen LogP contribution is 2.31. The lowest BCUT2D eigenvalue weighted by molar-refractivity contribution is 0.442. The number of ether oxygens (including phenoxy) is 1. The van der Waals surface area contributed by atoms with E-state index in [4.69, 9.17) is 16.3 Å². The first-order chi connectivity index (χ1) is 9.56. The second kappa shape index (κ2) is 6.73. The maximum Gasteiger partial charge on any atom is 0.165 e. The molecule has 0 fully saturated rings. The summed E-state index contributed by atoms with van der Waals surface area (Å²) in [5.74, 6) is 0.210. The first-order valence-corrected chi connectivity index (χ1v) is 6.88. The Kier molecular flexibility index (Phi) is 4.99. The monoisotopic (exact) mass is 293 g/mol. The number of nitrogens with one attached hydrogen (secondary N) is 1. The molecule has 1 N–H and O–H groups in total. The Morgan fingerprint density at radius 2 is 1.90 bits per heavy atom. The van der Waals surface area contributed by atoms with E-state index in [1.807, 2.05) is 12.1 Å². The van der Waals surface area contributed by atoms with Gasteiger partial charge in [0, 0.05) is 12.6 Å². The second-order valence-electron chi connectivity index (χ2n) is 4.83. The van der Waals surface area contributed by atoms with Gasteiger partial charge in [-0.1, -0.05) is 43.6 Å². The third-order valence-corrected chi connectivity index (χ3v) is 3.06.